The molecule has 0 amide bonds. The number of rotatable bonds is 2. The largest absolute Gasteiger partial charge is 0.396 e. The minimum atomic E-state index is 0.0961. The highest BCUT2D eigenvalue weighted by molar-refractivity contribution is 4.67. The third kappa shape index (κ3) is 1.94. The maximum absolute atomic E-state index is 8.75. The van der Waals surface area contributed by atoms with Crippen LogP contribution in [-0.2, 0) is 9.47 Å². The molecule has 3 nitrogen and oxygen atoms in total. The lowest BCUT2D eigenvalue weighted by Gasteiger charge is -2.26. The summed E-state index contributed by atoms with van der Waals surface area (Å²) < 4.78 is 10.5. The van der Waals surface area contributed by atoms with Crippen molar-refractivity contribution >= 4 is 0 Å². The summed E-state index contributed by atoms with van der Waals surface area (Å²) in [5.41, 5.74) is 0. The Balaban J connectivity index is 2.24. The fourth-order valence-electron chi connectivity index (χ4n) is 0.952. The van der Waals surface area contributed by atoms with E-state index in [0.717, 1.165) is 0 Å². The van der Waals surface area contributed by atoms with E-state index in [-0.39, 0.29) is 18.6 Å². The molecular formula is C7H14O3. The second-order valence-corrected chi connectivity index (χ2v) is 2.64. The van der Waals surface area contributed by atoms with Crippen LogP contribution in [-0.4, -0.2) is 37.6 Å². The predicted octanol–water partition coefficient (Wildman–Crippen LogP) is 0.0302. The lowest BCUT2D eigenvalue weighted by Crippen LogP contribution is -2.35. The van der Waals surface area contributed by atoms with Crippen LogP contribution in [0.3, 0.4) is 0 Å². The average molecular weight is 146 g/mol. The summed E-state index contributed by atoms with van der Waals surface area (Å²) in [5.74, 6) is 0.195. The van der Waals surface area contributed by atoms with Gasteiger partial charge in [-0.2, -0.15) is 0 Å². The van der Waals surface area contributed by atoms with Gasteiger partial charge in [-0.15, -0.1) is 0 Å². The molecule has 0 aromatic heterocycles. The molecule has 0 aromatic carbocycles. The zero-order valence-corrected chi connectivity index (χ0v) is 6.25. The minimum absolute atomic E-state index is 0.0961. The molecule has 1 heterocycles. The summed E-state index contributed by atoms with van der Waals surface area (Å²) in [4.78, 5) is 0. The monoisotopic (exact) mass is 146 g/mol. The Kier molecular flexibility index (Phi) is 3.12. The van der Waals surface area contributed by atoms with E-state index in [0.29, 0.717) is 19.8 Å². The smallest absolute Gasteiger partial charge is 0.0856 e. The van der Waals surface area contributed by atoms with E-state index in [2.05, 4.69) is 0 Å². The maximum Gasteiger partial charge on any atom is 0.0856 e. The van der Waals surface area contributed by atoms with Crippen molar-refractivity contribution in [1.29, 1.82) is 0 Å². The van der Waals surface area contributed by atoms with Gasteiger partial charge >= 0.3 is 0 Å². The number of hydrogen-bond donors (Lipinski definition) is 1. The normalized spacial score (nSPS) is 30.0. The highest BCUT2D eigenvalue weighted by Gasteiger charge is 2.20. The van der Waals surface area contributed by atoms with Crippen molar-refractivity contribution in [2.24, 2.45) is 5.92 Å². The van der Waals surface area contributed by atoms with Crippen LogP contribution < -0.4 is 0 Å². The summed E-state index contributed by atoms with van der Waals surface area (Å²) in [6.07, 6.45) is 0.0961. The van der Waals surface area contributed by atoms with E-state index in [1.807, 2.05) is 6.92 Å². The summed E-state index contributed by atoms with van der Waals surface area (Å²) >= 11 is 0. The molecule has 1 saturated heterocycles. The van der Waals surface area contributed by atoms with Crippen LogP contribution >= 0.6 is 0 Å². The van der Waals surface area contributed by atoms with Crippen molar-refractivity contribution < 1.29 is 14.6 Å². The molecule has 1 aliphatic heterocycles. The summed E-state index contributed by atoms with van der Waals surface area (Å²) in [6.45, 7) is 4.11. The molecule has 3 heteroatoms. The second kappa shape index (κ2) is 3.91. The van der Waals surface area contributed by atoms with Crippen LogP contribution in [0.2, 0.25) is 0 Å². The first-order chi connectivity index (χ1) is 4.84. The van der Waals surface area contributed by atoms with E-state index >= 15 is 0 Å². The highest BCUT2D eigenvalue weighted by atomic mass is 16.6. The number of ether oxygens (including phenoxy) is 2. The molecule has 0 aromatic rings. The van der Waals surface area contributed by atoms with Gasteiger partial charge in [0.25, 0.3) is 0 Å². The highest BCUT2D eigenvalue weighted by Crippen LogP contribution is 2.10. The van der Waals surface area contributed by atoms with Crippen LogP contribution in [0.15, 0.2) is 0 Å². The van der Waals surface area contributed by atoms with Gasteiger partial charge in [-0.1, -0.05) is 6.92 Å². The molecule has 0 aliphatic carbocycles. The Morgan fingerprint density at radius 1 is 1.60 bits per heavy atom. The van der Waals surface area contributed by atoms with Crippen molar-refractivity contribution in [1.82, 2.24) is 0 Å². The molecule has 0 bridgehead atoms. The fraction of sp³-hybridized carbons (Fsp3) is 1.00. The van der Waals surface area contributed by atoms with Crippen molar-refractivity contribution in [3.05, 3.63) is 0 Å². The van der Waals surface area contributed by atoms with Crippen molar-refractivity contribution in [3.8, 4) is 0 Å². The van der Waals surface area contributed by atoms with E-state index in [1.54, 1.807) is 0 Å². The Morgan fingerprint density at radius 3 is 2.90 bits per heavy atom. The molecule has 1 aliphatic rings. The Labute approximate surface area is 60.9 Å². The topological polar surface area (TPSA) is 38.7 Å². The molecule has 1 unspecified atom stereocenters. The molecule has 0 radical (unpaired) electrons. The fourth-order valence-corrected chi connectivity index (χ4v) is 0.952. The molecule has 0 spiro atoms. The van der Waals surface area contributed by atoms with E-state index in [1.165, 1.54) is 0 Å². The van der Waals surface area contributed by atoms with Gasteiger partial charge in [-0.05, 0) is 0 Å². The molecule has 1 rings (SSSR count). The van der Waals surface area contributed by atoms with Crippen molar-refractivity contribution in [3.63, 3.8) is 0 Å². The number of hydrogen-bond acceptors (Lipinski definition) is 3. The zero-order valence-electron chi connectivity index (χ0n) is 6.25. The Morgan fingerprint density at radius 2 is 2.40 bits per heavy atom. The Hall–Kier alpha value is -0.120. The molecule has 10 heavy (non-hydrogen) atoms. The van der Waals surface area contributed by atoms with Gasteiger partial charge in [0, 0.05) is 12.5 Å². The Bertz CT molecular complexity index is 88.9. The first-order valence-electron chi connectivity index (χ1n) is 3.65. The first-order valence-corrected chi connectivity index (χ1v) is 3.65. The van der Waals surface area contributed by atoms with Gasteiger partial charge in [0.15, 0.2) is 0 Å². The summed E-state index contributed by atoms with van der Waals surface area (Å²) in [5, 5.41) is 8.75. The van der Waals surface area contributed by atoms with Gasteiger partial charge < -0.3 is 14.6 Å². The number of aliphatic hydroxyl groups excluding tert-OH is 1. The average Bonchev–Trinajstić information content (AvgIpc) is 2.05. The van der Waals surface area contributed by atoms with Crippen LogP contribution in [0.1, 0.15) is 6.92 Å². The summed E-state index contributed by atoms with van der Waals surface area (Å²) in [7, 11) is 0. The maximum atomic E-state index is 8.75. The first kappa shape index (κ1) is 7.98. The van der Waals surface area contributed by atoms with Crippen LogP contribution in [0.25, 0.3) is 0 Å². The molecule has 0 saturated carbocycles. The molecule has 1 fully saturated rings. The summed E-state index contributed by atoms with van der Waals surface area (Å²) in [6, 6.07) is 0. The van der Waals surface area contributed by atoms with Crippen LogP contribution in [0.5, 0.6) is 0 Å². The molecule has 1 N–H and O–H groups in total. The lowest BCUT2D eigenvalue weighted by atomic mass is 10.1. The second-order valence-electron chi connectivity index (χ2n) is 2.64. The van der Waals surface area contributed by atoms with Gasteiger partial charge in [0.05, 0.1) is 25.9 Å². The van der Waals surface area contributed by atoms with E-state index in [9.17, 15) is 0 Å². The third-order valence-electron chi connectivity index (χ3n) is 1.76. The van der Waals surface area contributed by atoms with Crippen LogP contribution in [0.4, 0.5) is 0 Å². The number of aliphatic hydroxyl groups is 1. The zero-order chi connectivity index (χ0) is 7.40. The van der Waals surface area contributed by atoms with Crippen LogP contribution in [0, 0.1) is 5.92 Å². The van der Waals surface area contributed by atoms with Crippen molar-refractivity contribution in [2.45, 2.75) is 13.0 Å². The standard InChI is InChI=1S/C7H14O3/c1-6(4-8)7-5-9-2-3-10-7/h6-8H,2-5H2,1H3/t6?,7-/m0/s1. The molecular weight excluding hydrogens is 132 g/mol. The van der Waals surface area contributed by atoms with Gasteiger partial charge in [0.2, 0.25) is 0 Å². The van der Waals surface area contributed by atoms with Gasteiger partial charge in [-0.25, -0.2) is 0 Å². The van der Waals surface area contributed by atoms with Gasteiger partial charge in [-0.3, -0.25) is 0 Å². The lowest BCUT2D eigenvalue weighted by molar-refractivity contribution is -0.114. The molecule has 60 valence electrons. The molecule has 2 atom stereocenters. The van der Waals surface area contributed by atoms with Crippen molar-refractivity contribution in [2.75, 3.05) is 26.4 Å². The SMILES string of the molecule is CC(CO)[C@@H]1COCCO1. The van der Waals surface area contributed by atoms with Gasteiger partial charge in [0.1, 0.15) is 0 Å². The third-order valence-corrected chi connectivity index (χ3v) is 1.76. The minimum Gasteiger partial charge on any atom is -0.396 e. The quantitative estimate of drug-likeness (QED) is 0.597. The predicted molar refractivity (Wildman–Crippen MR) is 36.8 cm³/mol. The van der Waals surface area contributed by atoms with E-state index in [4.69, 9.17) is 14.6 Å². The van der Waals surface area contributed by atoms with E-state index < -0.39 is 0 Å².